The van der Waals surface area contributed by atoms with E-state index in [-0.39, 0.29) is 23.3 Å². The zero-order valence-corrected chi connectivity index (χ0v) is 14.8. The largest absolute Gasteiger partial charge is 0.352 e. The molecule has 3 rings (SSSR count). The number of amides is 1. The number of nitrogens with one attached hydrogen (secondary N) is 1. The van der Waals surface area contributed by atoms with Gasteiger partial charge in [-0.05, 0) is 30.5 Å². The number of hydrogen-bond acceptors (Lipinski definition) is 3. The number of carbonyl (C=O) groups is 1. The molecule has 25 heavy (non-hydrogen) atoms. The molecule has 0 aromatic heterocycles. The van der Waals surface area contributed by atoms with Gasteiger partial charge in [-0.3, -0.25) is 4.79 Å². The molecule has 132 valence electrons. The van der Waals surface area contributed by atoms with Crippen LogP contribution in [0.4, 0.5) is 0 Å². The van der Waals surface area contributed by atoms with Gasteiger partial charge in [0.05, 0.1) is 10.8 Å². The maximum atomic E-state index is 12.7. The van der Waals surface area contributed by atoms with Crippen LogP contribution in [0.5, 0.6) is 0 Å². The summed E-state index contributed by atoms with van der Waals surface area (Å²) in [6.07, 6.45) is 1.40. The summed E-state index contributed by atoms with van der Waals surface area (Å²) in [5, 5.41) is 2.92. The molecule has 0 aliphatic carbocycles. The van der Waals surface area contributed by atoms with E-state index < -0.39 is 10.0 Å². The lowest BCUT2D eigenvalue weighted by atomic mass is 9.99. The van der Waals surface area contributed by atoms with Crippen LogP contribution in [-0.2, 0) is 21.4 Å². The molecule has 0 spiro atoms. The van der Waals surface area contributed by atoms with E-state index in [2.05, 4.69) is 5.32 Å². The third-order valence-corrected chi connectivity index (χ3v) is 6.32. The summed E-state index contributed by atoms with van der Waals surface area (Å²) in [6.45, 7) is 1.15. The van der Waals surface area contributed by atoms with Crippen molar-refractivity contribution in [2.24, 2.45) is 5.92 Å². The van der Waals surface area contributed by atoms with Gasteiger partial charge in [0.25, 0.3) is 0 Å². The fourth-order valence-electron chi connectivity index (χ4n) is 3.05. The normalized spacial score (nSPS) is 18.6. The van der Waals surface area contributed by atoms with Gasteiger partial charge in [-0.15, -0.1) is 0 Å². The fourth-order valence-corrected chi connectivity index (χ4v) is 4.59. The number of sulfonamides is 1. The molecule has 2 aromatic rings. The first kappa shape index (κ1) is 17.6. The van der Waals surface area contributed by atoms with Gasteiger partial charge < -0.3 is 5.32 Å². The van der Waals surface area contributed by atoms with Crippen LogP contribution < -0.4 is 5.32 Å². The molecule has 1 saturated heterocycles. The van der Waals surface area contributed by atoms with E-state index in [0.717, 1.165) is 5.56 Å². The zero-order valence-electron chi connectivity index (χ0n) is 14.0. The molecule has 2 aromatic carbocycles. The van der Waals surface area contributed by atoms with Crippen molar-refractivity contribution in [2.75, 3.05) is 13.1 Å². The first-order valence-electron chi connectivity index (χ1n) is 8.44. The number of hydrogen-bond donors (Lipinski definition) is 1. The minimum atomic E-state index is -3.54. The minimum absolute atomic E-state index is 0.0863. The van der Waals surface area contributed by atoms with Crippen molar-refractivity contribution in [2.45, 2.75) is 24.3 Å². The third kappa shape index (κ3) is 4.27. The molecule has 1 aliphatic heterocycles. The summed E-state index contributed by atoms with van der Waals surface area (Å²) < 4.78 is 26.9. The first-order chi connectivity index (χ1) is 12.1. The highest BCUT2D eigenvalue weighted by molar-refractivity contribution is 7.89. The molecule has 0 radical (unpaired) electrons. The van der Waals surface area contributed by atoms with Crippen molar-refractivity contribution in [1.82, 2.24) is 9.62 Å². The Hall–Kier alpha value is -2.18. The summed E-state index contributed by atoms with van der Waals surface area (Å²) in [7, 11) is -3.54. The molecule has 1 fully saturated rings. The second-order valence-corrected chi connectivity index (χ2v) is 8.16. The van der Waals surface area contributed by atoms with Crippen molar-refractivity contribution < 1.29 is 13.2 Å². The number of rotatable bonds is 5. The second-order valence-electron chi connectivity index (χ2n) is 6.22. The maximum Gasteiger partial charge on any atom is 0.243 e. The van der Waals surface area contributed by atoms with Crippen molar-refractivity contribution in [1.29, 1.82) is 0 Å². The van der Waals surface area contributed by atoms with Gasteiger partial charge in [0.1, 0.15) is 0 Å². The molecule has 1 unspecified atom stereocenters. The Morgan fingerprint density at radius 1 is 1.04 bits per heavy atom. The monoisotopic (exact) mass is 358 g/mol. The summed E-state index contributed by atoms with van der Waals surface area (Å²) in [5.41, 5.74) is 1.03. The lowest BCUT2D eigenvalue weighted by Crippen LogP contribution is -2.45. The quantitative estimate of drug-likeness (QED) is 0.892. The molecular weight excluding hydrogens is 336 g/mol. The van der Waals surface area contributed by atoms with Gasteiger partial charge in [0, 0.05) is 19.6 Å². The molecule has 1 atom stereocenters. The molecule has 1 heterocycles. The number of piperidine rings is 1. The van der Waals surface area contributed by atoms with Crippen LogP contribution in [0.2, 0.25) is 0 Å². The van der Waals surface area contributed by atoms with Gasteiger partial charge in [-0.1, -0.05) is 48.5 Å². The van der Waals surface area contributed by atoms with E-state index in [9.17, 15) is 13.2 Å². The molecule has 5 nitrogen and oxygen atoms in total. The molecule has 0 saturated carbocycles. The highest BCUT2D eigenvalue weighted by atomic mass is 32.2. The van der Waals surface area contributed by atoms with Crippen LogP contribution in [0.3, 0.4) is 0 Å². The lowest BCUT2D eigenvalue weighted by molar-refractivity contribution is -0.126. The molecule has 1 N–H and O–H groups in total. The summed E-state index contributed by atoms with van der Waals surface area (Å²) >= 11 is 0. The predicted molar refractivity (Wildman–Crippen MR) is 96.2 cm³/mol. The summed E-state index contributed by atoms with van der Waals surface area (Å²) in [6, 6.07) is 18.1. The Bertz CT molecular complexity index is 807. The van der Waals surface area contributed by atoms with E-state index in [1.807, 2.05) is 30.3 Å². The Balaban J connectivity index is 1.64. The average Bonchev–Trinajstić information content (AvgIpc) is 2.67. The fraction of sp³-hybridized carbons (Fsp3) is 0.316. The van der Waals surface area contributed by atoms with Crippen LogP contribution in [0.1, 0.15) is 18.4 Å². The number of benzene rings is 2. The maximum absolute atomic E-state index is 12.7. The van der Waals surface area contributed by atoms with Crippen molar-refractivity contribution in [3.8, 4) is 0 Å². The van der Waals surface area contributed by atoms with Crippen LogP contribution in [0, 0.1) is 5.92 Å². The molecular formula is C19H22N2O3S. The van der Waals surface area contributed by atoms with E-state index in [1.165, 1.54) is 4.31 Å². The zero-order chi connectivity index (χ0) is 17.7. The van der Waals surface area contributed by atoms with Crippen molar-refractivity contribution >= 4 is 15.9 Å². The SMILES string of the molecule is O=C(NCc1ccccc1)C1CCCN(S(=O)(=O)c2ccccc2)C1. The Labute approximate surface area is 148 Å². The Morgan fingerprint density at radius 2 is 1.68 bits per heavy atom. The third-order valence-electron chi connectivity index (χ3n) is 4.45. The van der Waals surface area contributed by atoms with Crippen molar-refractivity contribution in [3.63, 3.8) is 0 Å². The van der Waals surface area contributed by atoms with E-state index in [0.29, 0.717) is 25.9 Å². The van der Waals surface area contributed by atoms with E-state index in [4.69, 9.17) is 0 Å². The standard InChI is InChI=1S/C19H22N2O3S/c22-19(20-14-16-8-3-1-4-9-16)17-10-7-13-21(15-17)25(23,24)18-11-5-2-6-12-18/h1-6,8-9,11-12,17H,7,10,13-15H2,(H,20,22). The van der Waals surface area contributed by atoms with Gasteiger partial charge in [0.2, 0.25) is 15.9 Å². The number of nitrogens with zero attached hydrogens (tertiary/aromatic N) is 1. The summed E-state index contributed by atoms with van der Waals surface area (Å²) in [5.74, 6) is -0.396. The van der Waals surface area contributed by atoms with Crippen LogP contribution in [0.15, 0.2) is 65.6 Å². The van der Waals surface area contributed by atoms with Gasteiger partial charge in [0.15, 0.2) is 0 Å². The predicted octanol–water partition coefficient (Wildman–Crippen LogP) is 2.40. The lowest BCUT2D eigenvalue weighted by Gasteiger charge is -2.31. The second kappa shape index (κ2) is 7.80. The first-order valence-corrected chi connectivity index (χ1v) is 9.88. The van der Waals surface area contributed by atoms with Gasteiger partial charge in [-0.2, -0.15) is 4.31 Å². The van der Waals surface area contributed by atoms with Gasteiger partial charge in [-0.25, -0.2) is 8.42 Å². The molecule has 1 aliphatic rings. The van der Waals surface area contributed by atoms with E-state index in [1.54, 1.807) is 30.3 Å². The molecule has 1 amide bonds. The van der Waals surface area contributed by atoms with Crippen molar-refractivity contribution in [3.05, 3.63) is 66.2 Å². The van der Waals surface area contributed by atoms with Crippen LogP contribution >= 0.6 is 0 Å². The Morgan fingerprint density at radius 3 is 2.36 bits per heavy atom. The smallest absolute Gasteiger partial charge is 0.243 e. The van der Waals surface area contributed by atoms with Gasteiger partial charge >= 0.3 is 0 Å². The molecule has 0 bridgehead atoms. The highest BCUT2D eigenvalue weighted by Crippen LogP contribution is 2.23. The summed E-state index contributed by atoms with van der Waals surface area (Å²) in [4.78, 5) is 12.7. The van der Waals surface area contributed by atoms with Crippen LogP contribution in [0.25, 0.3) is 0 Å². The minimum Gasteiger partial charge on any atom is -0.352 e. The van der Waals surface area contributed by atoms with E-state index >= 15 is 0 Å². The van der Waals surface area contributed by atoms with Crippen LogP contribution in [-0.4, -0.2) is 31.7 Å². The molecule has 6 heteroatoms. The Kier molecular flexibility index (Phi) is 5.50. The highest BCUT2D eigenvalue weighted by Gasteiger charge is 2.33. The topological polar surface area (TPSA) is 66.5 Å². The average molecular weight is 358 g/mol. The number of carbonyl (C=O) groups excluding carboxylic acids is 1.